The van der Waals surface area contributed by atoms with Gasteiger partial charge >= 0.3 is 0 Å². The van der Waals surface area contributed by atoms with Crippen molar-refractivity contribution < 1.29 is 22.7 Å². The summed E-state index contributed by atoms with van der Waals surface area (Å²) >= 11 is 0. The van der Waals surface area contributed by atoms with Gasteiger partial charge in [-0.2, -0.15) is 0 Å². The van der Waals surface area contributed by atoms with E-state index in [1.165, 1.54) is 17.0 Å². The van der Waals surface area contributed by atoms with E-state index in [0.717, 1.165) is 53.1 Å². The second-order valence-corrected chi connectivity index (χ2v) is 13.1. The number of carbonyl (C=O) groups excluding carboxylic acids is 2. The largest absolute Gasteiger partial charge is 0.492 e. The zero-order valence-electron chi connectivity index (χ0n) is 25.6. The van der Waals surface area contributed by atoms with E-state index in [-0.39, 0.29) is 29.1 Å². The van der Waals surface area contributed by atoms with Crippen molar-refractivity contribution in [2.24, 2.45) is 0 Å². The van der Waals surface area contributed by atoms with Crippen molar-refractivity contribution in [2.45, 2.75) is 83.3 Å². The topological polar surface area (TPSA) is 96.0 Å². The number of nitrogens with zero attached hydrogens (tertiary/aromatic N) is 2. The fraction of sp³-hybridized carbons (Fsp3) is 0.412. The standard InChI is InChI=1S/C34H43N3O5S/c1-5-42-32-14-10-9-13-31(32)37(43(40,41)30-21-17-26(3)18-22-30)24-33(38)36(23-28-19-15-25(2)16-20-28)27(4)34(39)35-29-11-7-6-8-12-29/h9-10,13-22,27,29H,5-8,11-12,23-24H2,1-4H3,(H,35,39)/t27-/m1/s1. The van der Waals surface area contributed by atoms with Gasteiger partial charge in [0.25, 0.3) is 10.0 Å². The number of ether oxygens (including phenoxy) is 1. The van der Waals surface area contributed by atoms with Crippen LogP contribution in [0.25, 0.3) is 0 Å². The van der Waals surface area contributed by atoms with E-state index in [9.17, 15) is 18.0 Å². The number of nitrogens with one attached hydrogen (secondary N) is 1. The van der Waals surface area contributed by atoms with E-state index in [1.807, 2.05) is 45.0 Å². The molecule has 1 atom stereocenters. The van der Waals surface area contributed by atoms with Gasteiger partial charge in [0.1, 0.15) is 18.3 Å². The first-order chi connectivity index (χ1) is 20.6. The number of para-hydroxylation sites is 2. The highest BCUT2D eigenvalue weighted by Gasteiger charge is 2.34. The fourth-order valence-electron chi connectivity index (χ4n) is 5.33. The highest BCUT2D eigenvalue weighted by Crippen LogP contribution is 2.33. The van der Waals surface area contributed by atoms with Crippen molar-refractivity contribution in [3.8, 4) is 5.75 Å². The molecule has 1 aliphatic rings. The minimum atomic E-state index is -4.18. The van der Waals surface area contributed by atoms with Crippen molar-refractivity contribution >= 4 is 27.5 Å². The van der Waals surface area contributed by atoms with Gasteiger partial charge in [0.2, 0.25) is 11.8 Å². The molecule has 1 aliphatic carbocycles. The number of hydrogen-bond donors (Lipinski definition) is 1. The van der Waals surface area contributed by atoms with Crippen LogP contribution in [0.3, 0.4) is 0 Å². The summed E-state index contributed by atoms with van der Waals surface area (Å²) in [4.78, 5) is 29.3. The van der Waals surface area contributed by atoms with Crippen molar-refractivity contribution in [1.82, 2.24) is 10.2 Å². The van der Waals surface area contributed by atoms with E-state index in [0.29, 0.717) is 12.4 Å². The zero-order chi connectivity index (χ0) is 31.0. The van der Waals surface area contributed by atoms with Crippen molar-refractivity contribution in [2.75, 3.05) is 17.5 Å². The summed E-state index contributed by atoms with van der Waals surface area (Å²) in [7, 11) is -4.18. The summed E-state index contributed by atoms with van der Waals surface area (Å²) in [5, 5.41) is 3.14. The molecule has 230 valence electrons. The maximum atomic E-state index is 14.2. The molecule has 0 saturated heterocycles. The minimum Gasteiger partial charge on any atom is -0.492 e. The van der Waals surface area contributed by atoms with Crippen LogP contribution in [0.5, 0.6) is 5.75 Å². The number of amides is 2. The number of sulfonamides is 1. The number of aryl methyl sites for hydroxylation is 2. The van der Waals surface area contributed by atoms with Gasteiger partial charge in [-0.15, -0.1) is 0 Å². The van der Waals surface area contributed by atoms with E-state index in [4.69, 9.17) is 4.74 Å². The lowest BCUT2D eigenvalue weighted by Gasteiger charge is -2.33. The molecule has 1 N–H and O–H groups in total. The number of rotatable bonds is 12. The third-order valence-corrected chi connectivity index (χ3v) is 9.69. The number of anilines is 1. The van der Waals surface area contributed by atoms with Crippen molar-refractivity contribution in [1.29, 1.82) is 0 Å². The highest BCUT2D eigenvalue weighted by atomic mass is 32.2. The lowest BCUT2D eigenvalue weighted by atomic mass is 9.95. The first-order valence-electron chi connectivity index (χ1n) is 15.1. The Kier molecular flexibility index (Phi) is 10.9. The molecule has 0 aliphatic heterocycles. The number of carbonyl (C=O) groups is 2. The van der Waals surface area contributed by atoms with Gasteiger partial charge in [0.05, 0.1) is 17.2 Å². The van der Waals surface area contributed by atoms with Gasteiger partial charge < -0.3 is 15.0 Å². The first kappa shape index (κ1) is 32.1. The molecule has 0 heterocycles. The van der Waals surface area contributed by atoms with Crippen LogP contribution in [0.4, 0.5) is 5.69 Å². The fourth-order valence-corrected chi connectivity index (χ4v) is 6.76. The van der Waals surface area contributed by atoms with Crippen LogP contribution >= 0.6 is 0 Å². The maximum absolute atomic E-state index is 14.2. The summed E-state index contributed by atoms with van der Waals surface area (Å²) in [6.45, 7) is 7.35. The van der Waals surface area contributed by atoms with Crippen LogP contribution in [-0.2, 0) is 26.2 Å². The summed E-state index contributed by atoms with van der Waals surface area (Å²) < 4.78 is 35.2. The molecule has 8 nitrogen and oxygen atoms in total. The Morgan fingerprint density at radius 1 is 0.907 bits per heavy atom. The molecule has 3 aromatic rings. The molecule has 0 aromatic heterocycles. The first-order valence-corrected chi connectivity index (χ1v) is 16.5. The molecule has 1 fully saturated rings. The van der Waals surface area contributed by atoms with E-state index in [1.54, 1.807) is 43.3 Å². The summed E-state index contributed by atoms with van der Waals surface area (Å²) in [6, 6.07) is 20.3. The Labute approximate surface area is 256 Å². The van der Waals surface area contributed by atoms with Crippen LogP contribution < -0.4 is 14.4 Å². The summed E-state index contributed by atoms with van der Waals surface area (Å²) in [6.07, 6.45) is 5.13. The van der Waals surface area contributed by atoms with Crippen LogP contribution in [0.2, 0.25) is 0 Å². The lowest BCUT2D eigenvalue weighted by molar-refractivity contribution is -0.139. The number of hydrogen-bond acceptors (Lipinski definition) is 5. The zero-order valence-corrected chi connectivity index (χ0v) is 26.4. The van der Waals surface area contributed by atoms with Gasteiger partial charge in [-0.1, -0.05) is 78.9 Å². The Morgan fingerprint density at radius 2 is 1.51 bits per heavy atom. The molecule has 4 rings (SSSR count). The third kappa shape index (κ3) is 8.16. The quantitative estimate of drug-likeness (QED) is 0.283. The van der Waals surface area contributed by atoms with Crippen LogP contribution in [-0.4, -0.2) is 50.4 Å². The molecule has 9 heteroatoms. The maximum Gasteiger partial charge on any atom is 0.264 e. The van der Waals surface area contributed by atoms with Gasteiger partial charge in [-0.3, -0.25) is 13.9 Å². The van der Waals surface area contributed by atoms with Crippen LogP contribution in [0, 0.1) is 13.8 Å². The lowest BCUT2D eigenvalue weighted by Crippen LogP contribution is -2.53. The third-order valence-electron chi connectivity index (χ3n) is 7.91. The molecular formula is C34H43N3O5S. The molecular weight excluding hydrogens is 562 g/mol. The molecule has 3 aromatic carbocycles. The van der Waals surface area contributed by atoms with Crippen LogP contribution in [0.1, 0.15) is 62.6 Å². The highest BCUT2D eigenvalue weighted by molar-refractivity contribution is 7.92. The van der Waals surface area contributed by atoms with Gasteiger partial charge in [-0.25, -0.2) is 8.42 Å². The smallest absolute Gasteiger partial charge is 0.264 e. The Balaban J connectivity index is 1.71. The predicted octanol–water partition coefficient (Wildman–Crippen LogP) is 5.76. The normalized spacial score (nSPS) is 14.5. The molecule has 43 heavy (non-hydrogen) atoms. The molecule has 0 unspecified atom stereocenters. The summed E-state index contributed by atoms with van der Waals surface area (Å²) in [5.41, 5.74) is 3.10. The summed E-state index contributed by atoms with van der Waals surface area (Å²) in [5.74, 6) is -0.384. The van der Waals surface area contributed by atoms with Gasteiger partial charge in [0, 0.05) is 12.6 Å². The Bertz CT molecular complexity index is 1480. The van der Waals surface area contributed by atoms with E-state index in [2.05, 4.69) is 5.32 Å². The molecule has 2 amide bonds. The Hall–Kier alpha value is -3.85. The van der Waals surface area contributed by atoms with E-state index < -0.39 is 28.5 Å². The molecule has 0 bridgehead atoms. The van der Waals surface area contributed by atoms with Crippen LogP contribution in [0.15, 0.2) is 77.7 Å². The van der Waals surface area contributed by atoms with Crippen molar-refractivity contribution in [3.05, 3.63) is 89.5 Å². The second kappa shape index (κ2) is 14.6. The van der Waals surface area contributed by atoms with Gasteiger partial charge in [-0.05, 0) is 70.4 Å². The van der Waals surface area contributed by atoms with Crippen molar-refractivity contribution in [3.63, 3.8) is 0 Å². The van der Waals surface area contributed by atoms with E-state index >= 15 is 0 Å². The predicted molar refractivity (Wildman–Crippen MR) is 170 cm³/mol. The van der Waals surface area contributed by atoms with Gasteiger partial charge in [0.15, 0.2) is 0 Å². The SMILES string of the molecule is CCOc1ccccc1N(CC(=O)N(Cc1ccc(C)cc1)[C@H](C)C(=O)NC1CCCCC1)S(=O)(=O)c1ccc(C)cc1. The molecule has 1 saturated carbocycles. The average Bonchev–Trinajstić information content (AvgIpc) is 3.00. The average molecular weight is 606 g/mol. The number of benzene rings is 3. The Morgan fingerprint density at radius 3 is 2.14 bits per heavy atom. The monoisotopic (exact) mass is 605 g/mol. The minimum absolute atomic E-state index is 0.0605. The second-order valence-electron chi connectivity index (χ2n) is 11.3. The molecule has 0 spiro atoms. The molecule has 0 radical (unpaired) electrons.